The van der Waals surface area contributed by atoms with Gasteiger partial charge in [0.05, 0.1) is 17.1 Å². The van der Waals surface area contributed by atoms with E-state index in [1.165, 1.54) is 33.9 Å². The van der Waals surface area contributed by atoms with Gasteiger partial charge in [-0.3, -0.25) is 19.2 Å². The van der Waals surface area contributed by atoms with Crippen molar-refractivity contribution >= 4 is 25.6 Å². The van der Waals surface area contributed by atoms with Gasteiger partial charge in [0.1, 0.15) is 0 Å². The second-order valence-electron chi connectivity index (χ2n) is 10.8. The normalized spacial score (nSPS) is 18.1. The van der Waals surface area contributed by atoms with Gasteiger partial charge in [-0.25, -0.2) is 4.39 Å². The number of rotatable bonds is 9. The SMILES string of the molecule is CC(C)C(c1cncc(-c2ccc3[nH]ncc3c2)c1)(C(C)C)C(F)(P(=O)(O)C(C)C)P(=O)(O)C(C)C. The van der Waals surface area contributed by atoms with Crippen molar-refractivity contribution in [1.82, 2.24) is 15.2 Å². The molecular weight excluding hydrogens is 499 g/mol. The highest BCUT2D eigenvalue weighted by molar-refractivity contribution is 7.78. The maximum Gasteiger partial charge on any atom is 0.270 e. The van der Waals surface area contributed by atoms with Crippen LogP contribution in [0.1, 0.15) is 61.0 Å². The second-order valence-corrected chi connectivity index (χ2v) is 17.0. The highest BCUT2D eigenvalue weighted by atomic mass is 31.2. The molecule has 0 spiro atoms. The molecule has 198 valence electrons. The summed E-state index contributed by atoms with van der Waals surface area (Å²) in [6.45, 7) is 12.6. The topological polar surface area (TPSA) is 116 Å². The molecule has 0 fully saturated rings. The lowest BCUT2D eigenvalue weighted by molar-refractivity contribution is 0.0845. The Kier molecular flexibility index (Phi) is 7.81. The molecule has 1 aromatic carbocycles. The zero-order valence-corrected chi connectivity index (χ0v) is 24.0. The van der Waals surface area contributed by atoms with E-state index < -0.39 is 48.5 Å². The molecule has 36 heavy (non-hydrogen) atoms. The van der Waals surface area contributed by atoms with E-state index in [1.807, 2.05) is 18.2 Å². The minimum absolute atomic E-state index is 0.324. The molecule has 0 saturated carbocycles. The first-order chi connectivity index (χ1) is 16.6. The van der Waals surface area contributed by atoms with Gasteiger partial charge in [-0.1, -0.05) is 61.5 Å². The molecule has 0 amide bonds. The summed E-state index contributed by atoms with van der Waals surface area (Å²) in [4.78, 5) is 27.2. The number of hydrogen-bond donors (Lipinski definition) is 3. The molecule has 3 rings (SSSR count). The Morgan fingerprint density at radius 1 is 0.833 bits per heavy atom. The van der Waals surface area contributed by atoms with Crippen molar-refractivity contribution in [3.05, 3.63) is 48.4 Å². The van der Waals surface area contributed by atoms with Gasteiger partial charge in [-0.05, 0) is 41.2 Å². The third-order valence-corrected chi connectivity index (χ3v) is 14.5. The molecule has 2 heterocycles. The Hall–Kier alpha value is -1.85. The van der Waals surface area contributed by atoms with Crippen molar-refractivity contribution in [2.75, 3.05) is 0 Å². The Bertz CT molecular complexity index is 1300. The zero-order chi connectivity index (χ0) is 27.3. The maximum atomic E-state index is 18.0. The maximum absolute atomic E-state index is 18.0. The van der Waals surface area contributed by atoms with Crippen LogP contribution >= 0.6 is 14.7 Å². The molecule has 2 unspecified atom stereocenters. The molecule has 3 aromatic rings. The van der Waals surface area contributed by atoms with Gasteiger partial charge >= 0.3 is 0 Å². The fourth-order valence-electron chi connectivity index (χ4n) is 5.62. The number of nitrogens with zero attached hydrogens (tertiary/aromatic N) is 2. The van der Waals surface area contributed by atoms with Crippen LogP contribution in [0, 0.1) is 11.8 Å². The van der Waals surface area contributed by atoms with Crippen LogP contribution in [0.2, 0.25) is 0 Å². The fourth-order valence-corrected chi connectivity index (χ4v) is 12.4. The van der Waals surface area contributed by atoms with Crippen LogP contribution in [-0.2, 0) is 14.5 Å². The summed E-state index contributed by atoms with van der Waals surface area (Å²) >= 11 is 0. The zero-order valence-electron chi connectivity index (χ0n) is 22.2. The summed E-state index contributed by atoms with van der Waals surface area (Å²) in [5, 5.41) is 4.53. The fraction of sp³-hybridized carbons (Fsp3) is 0.538. The number of benzene rings is 1. The molecule has 0 saturated heterocycles. The number of H-pyrrole nitrogens is 1. The number of hydrogen-bond acceptors (Lipinski definition) is 4. The standard InChI is InChI=1S/C26H38FN3O4P2/c1-16(2)25(17(3)4,26(27,35(31,32)18(5)6)36(33,34)19(7)8)23-12-21(13-28-15-23)20-9-10-24-22(11-20)14-29-30-24/h9-19H,1-8H3,(H,29,30)(H,31,32)(H,33,34). The van der Waals surface area contributed by atoms with Gasteiger partial charge in [0.15, 0.2) is 0 Å². The molecular formula is C26H38FN3O4P2. The van der Waals surface area contributed by atoms with Crippen molar-refractivity contribution in [2.24, 2.45) is 11.8 Å². The quantitative estimate of drug-likeness (QED) is 0.250. The third-order valence-electron chi connectivity index (χ3n) is 7.59. The first-order valence-corrected chi connectivity index (χ1v) is 15.8. The molecule has 0 radical (unpaired) electrons. The van der Waals surface area contributed by atoms with Crippen molar-refractivity contribution < 1.29 is 23.3 Å². The van der Waals surface area contributed by atoms with E-state index in [9.17, 15) is 18.9 Å². The minimum atomic E-state index is -4.89. The summed E-state index contributed by atoms with van der Waals surface area (Å²) in [6, 6.07) is 7.42. The van der Waals surface area contributed by atoms with Crippen LogP contribution in [0.25, 0.3) is 22.0 Å². The number of nitrogens with one attached hydrogen (secondary N) is 1. The number of fused-ring (bicyclic) bond motifs is 1. The summed E-state index contributed by atoms with van der Waals surface area (Å²) in [5.74, 6) is -1.23. The predicted octanol–water partition coefficient (Wildman–Crippen LogP) is 7.16. The van der Waals surface area contributed by atoms with Crippen molar-refractivity contribution in [3.63, 3.8) is 0 Å². The van der Waals surface area contributed by atoms with Crippen LogP contribution in [-0.4, -0.2) is 41.4 Å². The van der Waals surface area contributed by atoms with Gasteiger partial charge < -0.3 is 9.79 Å². The lowest BCUT2D eigenvalue weighted by Gasteiger charge is -2.55. The largest absolute Gasteiger partial charge is 0.342 e. The number of aromatic amines is 1. The van der Waals surface area contributed by atoms with E-state index >= 15 is 4.39 Å². The molecule has 3 N–H and O–H groups in total. The first-order valence-electron chi connectivity index (χ1n) is 12.3. The van der Waals surface area contributed by atoms with Gasteiger partial charge in [0, 0.05) is 34.7 Å². The summed E-state index contributed by atoms with van der Waals surface area (Å²) in [5.41, 5.74) is -1.28. The molecule has 10 heteroatoms. The molecule has 7 nitrogen and oxygen atoms in total. The summed E-state index contributed by atoms with van der Waals surface area (Å²) in [6.07, 6.45) is 4.80. The van der Waals surface area contributed by atoms with E-state index in [0.717, 1.165) is 16.5 Å². The average Bonchev–Trinajstić information content (AvgIpc) is 3.26. The van der Waals surface area contributed by atoms with Gasteiger partial charge in [-0.2, -0.15) is 5.10 Å². The summed E-state index contributed by atoms with van der Waals surface area (Å²) < 4.78 is 46.0. The van der Waals surface area contributed by atoms with E-state index in [4.69, 9.17) is 0 Å². The van der Waals surface area contributed by atoms with Crippen LogP contribution in [0.15, 0.2) is 42.9 Å². The third kappa shape index (κ3) is 4.01. The number of alkyl halides is 1. The second kappa shape index (κ2) is 9.79. The molecule has 0 aliphatic rings. The minimum Gasteiger partial charge on any atom is -0.342 e. The Morgan fingerprint density at radius 3 is 1.89 bits per heavy atom. The highest BCUT2D eigenvalue weighted by Crippen LogP contribution is 2.84. The van der Waals surface area contributed by atoms with E-state index in [-0.39, 0.29) is 0 Å². The summed E-state index contributed by atoms with van der Waals surface area (Å²) in [7, 11) is -9.78. The van der Waals surface area contributed by atoms with Gasteiger partial charge in [0.2, 0.25) is 14.7 Å². The number of aromatic nitrogens is 3. The average molecular weight is 538 g/mol. The Morgan fingerprint density at radius 2 is 1.39 bits per heavy atom. The van der Waals surface area contributed by atoms with Crippen molar-refractivity contribution in [1.29, 1.82) is 0 Å². The predicted molar refractivity (Wildman–Crippen MR) is 144 cm³/mol. The molecule has 0 aliphatic heterocycles. The number of halogens is 1. The van der Waals surface area contributed by atoms with Crippen LogP contribution in [0.5, 0.6) is 0 Å². The first kappa shape index (κ1) is 28.7. The molecule has 2 atom stereocenters. The lowest BCUT2D eigenvalue weighted by Crippen LogP contribution is -2.56. The van der Waals surface area contributed by atoms with Gasteiger partial charge in [-0.15, -0.1) is 0 Å². The van der Waals surface area contributed by atoms with Crippen LogP contribution in [0.4, 0.5) is 4.39 Å². The molecule has 2 aromatic heterocycles. The van der Waals surface area contributed by atoms with Crippen molar-refractivity contribution in [3.8, 4) is 11.1 Å². The van der Waals surface area contributed by atoms with E-state index in [1.54, 1.807) is 46.2 Å². The van der Waals surface area contributed by atoms with Gasteiger partial charge in [0.25, 0.3) is 5.15 Å². The molecule has 0 bridgehead atoms. The number of pyridine rings is 1. The Balaban J connectivity index is 2.43. The smallest absolute Gasteiger partial charge is 0.270 e. The van der Waals surface area contributed by atoms with E-state index in [2.05, 4.69) is 15.2 Å². The van der Waals surface area contributed by atoms with Crippen molar-refractivity contribution in [2.45, 2.75) is 77.3 Å². The highest BCUT2D eigenvalue weighted by Gasteiger charge is 2.75. The van der Waals surface area contributed by atoms with Crippen LogP contribution < -0.4 is 0 Å². The Labute approximate surface area is 212 Å². The lowest BCUT2D eigenvalue weighted by atomic mass is 9.65. The van der Waals surface area contributed by atoms with Crippen LogP contribution in [0.3, 0.4) is 0 Å². The molecule has 0 aliphatic carbocycles. The monoisotopic (exact) mass is 537 g/mol. The van der Waals surface area contributed by atoms with E-state index in [0.29, 0.717) is 11.1 Å².